The molecule has 1 aliphatic rings. The van der Waals surface area contributed by atoms with Crippen molar-refractivity contribution in [2.75, 3.05) is 11.9 Å². The standard InChI is InChI=1S/C24H24Cl2N4O3/c1-2-11-27-24(33)30-20(14-5-3-6-14)13-19(29-30)16-10-9-15(12-21(16)31)28-23(32)22-17(25)7-4-8-18(22)26/h4,7-10,12-14,31H,2-3,5-6,11H2,1H3,(H,27,33)(H,28,32). The van der Waals surface area contributed by atoms with Crippen molar-refractivity contribution in [2.24, 2.45) is 0 Å². The Morgan fingerprint density at radius 3 is 2.48 bits per heavy atom. The highest BCUT2D eigenvalue weighted by Gasteiger charge is 2.27. The molecule has 4 rings (SSSR count). The zero-order chi connectivity index (χ0) is 23.5. The molecular formula is C24H24Cl2N4O3. The molecule has 3 N–H and O–H groups in total. The zero-order valence-corrected chi connectivity index (χ0v) is 19.6. The van der Waals surface area contributed by atoms with Gasteiger partial charge in [0.05, 0.1) is 27.0 Å². The summed E-state index contributed by atoms with van der Waals surface area (Å²) in [7, 11) is 0. The summed E-state index contributed by atoms with van der Waals surface area (Å²) in [4.78, 5) is 25.2. The van der Waals surface area contributed by atoms with Crippen molar-refractivity contribution < 1.29 is 14.7 Å². The number of rotatable bonds is 6. The van der Waals surface area contributed by atoms with E-state index in [9.17, 15) is 14.7 Å². The van der Waals surface area contributed by atoms with Crippen molar-refractivity contribution in [1.82, 2.24) is 15.1 Å². The molecule has 2 aromatic carbocycles. The van der Waals surface area contributed by atoms with Gasteiger partial charge >= 0.3 is 6.03 Å². The number of amides is 2. The number of anilines is 1. The molecule has 1 aliphatic carbocycles. The Morgan fingerprint density at radius 2 is 1.88 bits per heavy atom. The first-order valence-corrected chi connectivity index (χ1v) is 11.6. The minimum absolute atomic E-state index is 0.0724. The van der Waals surface area contributed by atoms with E-state index in [0.717, 1.165) is 31.4 Å². The van der Waals surface area contributed by atoms with Crippen LogP contribution >= 0.6 is 23.2 Å². The van der Waals surface area contributed by atoms with Gasteiger partial charge in [0, 0.05) is 29.8 Å². The van der Waals surface area contributed by atoms with E-state index < -0.39 is 5.91 Å². The maximum Gasteiger partial charge on any atom is 0.342 e. The minimum atomic E-state index is -0.484. The van der Waals surface area contributed by atoms with Crippen molar-refractivity contribution in [1.29, 1.82) is 0 Å². The van der Waals surface area contributed by atoms with Crippen LogP contribution in [0.15, 0.2) is 42.5 Å². The normalized spacial score (nSPS) is 13.4. The molecule has 1 saturated carbocycles. The van der Waals surface area contributed by atoms with Crippen molar-refractivity contribution in [3.05, 3.63) is 63.8 Å². The fraction of sp³-hybridized carbons (Fsp3) is 0.292. The van der Waals surface area contributed by atoms with E-state index in [2.05, 4.69) is 15.7 Å². The summed E-state index contributed by atoms with van der Waals surface area (Å²) in [6.45, 7) is 2.55. The van der Waals surface area contributed by atoms with Crippen LogP contribution in [0.1, 0.15) is 54.6 Å². The van der Waals surface area contributed by atoms with Gasteiger partial charge in [-0.25, -0.2) is 4.79 Å². The SMILES string of the molecule is CCCNC(=O)n1nc(-c2ccc(NC(=O)c3c(Cl)cccc3Cl)cc2O)cc1C1CCC1. The number of halogens is 2. The van der Waals surface area contributed by atoms with Crippen LogP contribution in [0.4, 0.5) is 10.5 Å². The van der Waals surface area contributed by atoms with E-state index in [4.69, 9.17) is 23.2 Å². The van der Waals surface area contributed by atoms with Crippen molar-refractivity contribution in [3.63, 3.8) is 0 Å². The molecule has 0 spiro atoms. The summed E-state index contributed by atoms with van der Waals surface area (Å²) in [5, 5.41) is 21.2. The molecule has 1 fully saturated rings. The molecule has 0 atom stereocenters. The van der Waals surface area contributed by atoms with Crippen LogP contribution in [-0.2, 0) is 0 Å². The van der Waals surface area contributed by atoms with Crippen molar-refractivity contribution in [3.8, 4) is 17.0 Å². The Bertz CT molecular complexity index is 1180. The molecule has 0 saturated heterocycles. The van der Waals surface area contributed by atoms with Gasteiger partial charge in [-0.05, 0) is 49.6 Å². The van der Waals surface area contributed by atoms with E-state index in [-0.39, 0.29) is 33.3 Å². The van der Waals surface area contributed by atoms with E-state index in [1.165, 1.54) is 10.7 Å². The predicted molar refractivity (Wildman–Crippen MR) is 129 cm³/mol. The van der Waals surface area contributed by atoms with Gasteiger partial charge in [-0.1, -0.05) is 42.6 Å². The lowest BCUT2D eigenvalue weighted by Gasteiger charge is -2.25. The van der Waals surface area contributed by atoms with Gasteiger partial charge in [0.25, 0.3) is 5.91 Å². The largest absolute Gasteiger partial charge is 0.507 e. The molecule has 3 aromatic rings. The lowest BCUT2D eigenvalue weighted by atomic mass is 9.82. The molecule has 2 amide bonds. The molecule has 7 nitrogen and oxygen atoms in total. The quantitative estimate of drug-likeness (QED) is 0.394. The second-order valence-electron chi connectivity index (χ2n) is 8.01. The second-order valence-corrected chi connectivity index (χ2v) is 8.82. The Morgan fingerprint density at radius 1 is 1.15 bits per heavy atom. The Balaban J connectivity index is 1.60. The highest BCUT2D eigenvalue weighted by molar-refractivity contribution is 6.40. The third kappa shape index (κ3) is 4.84. The summed E-state index contributed by atoms with van der Waals surface area (Å²) >= 11 is 12.2. The van der Waals surface area contributed by atoms with Crippen LogP contribution < -0.4 is 10.6 Å². The number of benzene rings is 2. The topological polar surface area (TPSA) is 96.3 Å². The van der Waals surface area contributed by atoms with Gasteiger partial charge in [0.1, 0.15) is 5.75 Å². The second kappa shape index (κ2) is 9.85. The summed E-state index contributed by atoms with van der Waals surface area (Å²) in [5.41, 5.74) is 2.33. The number of phenolic OH excluding ortho intramolecular Hbond substituents is 1. The molecule has 1 aromatic heterocycles. The first kappa shape index (κ1) is 23.1. The number of phenols is 1. The van der Waals surface area contributed by atoms with Crippen LogP contribution in [0.2, 0.25) is 10.0 Å². The van der Waals surface area contributed by atoms with Crippen LogP contribution in [0.3, 0.4) is 0 Å². The highest BCUT2D eigenvalue weighted by atomic mass is 35.5. The number of nitrogens with one attached hydrogen (secondary N) is 2. The third-order valence-corrected chi connectivity index (χ3v) is 6.33. The van der Waals surface area contributed by atoms with E-state index in [0.29, 0.717) is 23.5 Å². The average molecular weight is 487 g/mol. The van der Waals surface area contributed by atoms with Gasteiger partial charge in [0.2, 0.25) is 0 Å². The number of carbonyl (C=O) groups is 2. The molecule has 0 aliphatic heterocycles. The lowest BCUT2D eigenvalue weighted by molar-refractivity contribution is 0.102. The molecule has 0 unspecified atom stereocenters. The summed E-state index contributed by atoms with van der Waals surface area (Å²) in [5.74, 6) is -0.279. The zero-order valence-electron chi connectivity index (χ0n) is 18.1. The fourth-order valence-electron chi connectivity index (χ4n) is 3.73. The average Bonchev–Trinajstić information content (AvgIpc) is 3.15. The maximum absolute atomic E-state index is 12.6. The van der Waals surface area contributed by atoms with E-state index >= 15 is 0 Å². The first-order valence-electron chi connectivity index (χ1n) is 10.9. The Hall–Kier alpha value is -3.03. The third-order valence-electron chi connectivity index (χ3n) is 5.70. The molecule has 33 heavy (non-hydrogen) atoms. The number of hydrogen-bond donors (Lipinski definition) is 3. The number of aromatic nitrogens is 2. The molecular weight excluding hydrogens is 463 g/mol. The number of aromatic hydroxyl groups is 1. The fourth-order valence-corrected chi connectivity index (χ4v) is 4.29. The summed E-state index contributed by atoms with van der Waals surface area (Å²) in [6.07, 6.45) is 3.96. The molecule has 172 valence electrons. The highest BCUT2D eigenvalue weighted by Crippen LogP contribution is 2.39. The molecule has 0 radical (unpaired) electrons. The minimum Gasteiger partial charge on any atom is -0.507 e. The predicted octanol–water partition coefficient (Wildman–Crippen LogP) is 6.05. The molecule has 9 heteroatoms. The summed E-state index contributed by atoms with van der Waals surface area (Å²) < 4.78 is 1.41. The van der Waals surface area contributed by atoms with Gasteiger partial charge < -0.3 is 15.7 Å². The van der Waals surface area contributed by atoms with Crippen LogP contribution in [-0.4, -0.2) is 33.4 Å². The van der Waals surface area contributed by atoms with Gasteiger partial charge in [-0.15, -0.1) is 0 Å². The van der Waals surface area contributed by atoms with Gasteiger partial charge in [-0.3, -0.25) is 4.79 Å². The first-order chi connectivity index (χ1) is 15.9. The molecule has 1 heterocycles. The maximum atomic E-state index is 12.6. The monoisotopic (exact) mass is 486 g/mol. The van der Waals surface area contributed by atoms with E-state index in [1.54, 1.807) is 30.3 Å². The van der Waals surface area contributed by atoms with Gasteiger partial charge in [0.15, 0.2) is 0 Å². The van der Waals surface area contributed by atoms with Crippen LogP contribution in [0, 0.1) is 0 Å². The van der Waals surface area contributed by atoms with Crippen molar-refractivity contribution in [2.45, 2.75) is 38.5 Å². The van der Waals surface area contributed by atoms with Gasteiger partial charge in [-0.2, -0.15) is 9.78 Å². The van der Waals surface area contributed by atoms with Crippen LogP contribution in [0.5, 0.6) is 5.75 Å². The van der Waals surface area contributed by atoms with Crippen molar-refractivity contribution >= 4 is 40.8 Å². The number of nitrogens with zero attached hydrogens (tertiary/aromatic N) is 2. The molecule has 0 bridgehead atoms. The van der Waals surface area contributed by atoms with Crippen LogP contribution in [0.25, 0.3) is 11.3 Å². The Labute approximate surface area is 201 Å². The summed E-state index contributed by atoms with van der Waals surface area (Å²) in [6, 6.07) is 11.1. The number of hydrogen-bond acceptors (Lipinski definition) is 4. The Kier molecular flexibility index (Phi) is 6.91. The number of carbonyl (C=O) groups excluding carboxylic acids is 2. The smallest absolute Gasteiger partial charge is 0.342 e. The van der Waals surface area contributed by atoms with E-state index in [1.807, 2.05) is 13.0 Å². The lowest BCUT2D eigenvalue weighted by Crippen LogP contribution is -2.32.